The largest absolute Gasteiger partial charge is 0.507 e. The number of likely N-dealkylation sites (N-methyl/N-ethyl adjacent to an activating group) is 1. The molecule has 1 aromatic heterocycles. The first kappa shape index (κ1) is 26.4. The predicted molar refractivity (Wildman–Crippen MR) is 129 cm³/mol. The molecular weight excluding hydrogens is 512 g/mol. The van der Waals surface area contributed by atoms with Crippen LogP contribution in [0.25, 0.3) is 0 Å². The number of hydrogen-bond donors (Lipinski definition) is 4. The maximum atomic E-state index is 13.8. The Morgan fingerprint density at radius 1 is 1.21 bits per heavy atom. The number of rotatable bonds is 5. The molecule has 0 saturated heterocycles. The van der Waals surface area contributed by atoms with Crippen molar-refractivity contribution >= 4 is 34.9 Å². The van der Waals surface area contributed by atoms with Gasteiger partial charge in [-0.05, 0) is 50.0 Å². The number of aromatic hydroxyl groups is 1. The third-order valence-corrected chi connectivity index (χ3v) is 8.18. The summed E-state index contributed by atoms with van der Waals surface area (Å²) in [4.78, 5) is 79.8. The lowest BCUT2D eigenvalue weighted by Gasteiger charge is -2.52. The summed E-state index contributed by atoms with van der Waals surface area (Å²) in [6.07, 6.45) is 2.44. The monoisotopic (exact) mass is 538 g/mol. The van der Waals surface area contributed by atoms with Gasteiger partial charge in [0.05, 0.1) is 29.3 Å². The molecule has 204 valence electrons. The Balaban J connectivity index is 1.54. The molecule has 0 aliphatic heterocycles. The fourth-order valence-electron chi connectivity index (χ4n) is 6.43. The molecule has 13 nitrogen and oxygen atoms in total. The second kappa shape index (κ2) is 9.20. The van der Waals surface area contributed by atoms with Crippen molar-refractivity contribution in [2.45, 2.75) is 31.0 Å². The van der Waals surface area contributed by atoms with Crippen molar-refractivity contribution in [2.24, 2.45) is 29.4 Å². The summed E-state index contributed by atoms with van der Waals surface area (Å²) in [5.41, 5.74) is 3.51. The van der Waals surface area contributed by atoms with Crippen LogP contribution < -0.4 is 11.1 Å². The van der Waals surface area contributed by atoms with Crippen LogP contribution in [0.15, 0.2) is 29.1 Å². The molecule has 13 heteroatoms. The van der Waals surface area contributed by atoms with Gasteiger partial charge in [-0.15, -0.1) is 0 Å². The molecule has 5 rings (SSSR count). The van der Waals surface area contributed by atoms with Crippen LogP contribution in [-0.4, -0.2) is 81.0 Å². The highest BCUT2D eigenvalue weighted by atomic mass is 16.5. The molecule has 39 heavy (non-hydrogen) atoms. The Morgan fingerprint density at radius 3 is 2.54 bits per heavy atom. The first-order valence-electron chi connectivity index (χ1n) is 12.3. The third kappa shape index (κ3) is 3.80. The number of nitrogens with two attached hydrogens (primary N) is 1. The topological polar surface area (TPSA) is 210 Å². The molecule has 2 amide bonds. The quantitative estimate of drug-likeness (QED) is 0.332. The number of aromatic nitrogens is 1. The molecule has 5 N–H and O–H groups in total. The van der Waals surface area contributed by atoms with Crippen molar-refractivity contribution in [3.8, 4) is 5.75 Å². The molecule has 3 aliphatic carbocycles. The molecule has 3 aliphatic rings. The SMILES string of the molecule is CN(C)[C@@H]1C(=O)C(C(N)=O)C(=O)[C@@]2(O)C(=O)C3C(=O)c4c(O)ccc(CNC(=O)c5cnoc5)c4C[C@H]3C[C@@H]12. The van der Waals surface area contributed by atoms with Crippen molar-refractivity contribution in [3.63, 3.8) is 0 Å². The van der Waals surface area contributed by atoms with E-state index in [1.165, 1.54) is 37.5 Å². The number of carbonyl (C=O) groups is 6. The molecular formula is C26H26N4O9. The van der Waals surface area contributed by atoms with Crippen molar-refractivity contribution in [1.29, 1.82) is 0 Å². The molecule has 2 fully saturated rings. The number of benzene rings is 1. The lowest BCUT2D eigenvalue weighted by atomic mass is 9.52. The second-order valence-corrected chi connectivity index (χ2v) is 10.5. The number of hydrogen-bond acceptors (Lipinski definition) is 11. The maximum absolute atomic E-state index is 13.8. The molecule has 6 atom stereocenters. The molecule has 1 aromatic carbocycles. The number of aliphatic hydroxyl groups is 1. The van der Waals surface area contributed by atoms with Crippen LogP contribution in [0.2, 0.25) is 0 Å². The summed E-state index contributed by atoms with van der Waals surface area (Å²) in [5, 5.41) is 28.3. The number of phenols is 1. The number of amides is 2. The minimum atomic E-state index is -2.78. The normalized spacial score (nSPS) is 30.0. The minimum absolute atomic E-state index is 0.0177. The zero-order valence-electron chi connectivity index (χ0n) is 21.0. The van der Waals surface area contributed by atoms with E-state index in [1.54, 1.807) is 6.07 Å². The standard InChI is InChI=1S/C26H26N4O9/c1-30(2)19-14-6-11-5-13-10(7-28-25(37)12-8-29-39-9-12)3-4-15(31)17(13)20(32)16(11)22(34)26(14,38)23(35)18(21(19)33)24(27)36/h3-4,8-9,11,14,16,18-19,31,38H,5-7H2,1-2H3,(H2,27,36)(H,28,37)/t11-,14-,16?,18?,19-,26-/m0/s1. The van der Waals surface area contributed by atoms with E-state index in [4.69, 9.17) is 5.73 Å². The van der Waals surface area contributed by atoms with Gasteiger partial charge in [-0.25, -0.2) is 0 Å². The van der Waals surface area contributed by atoms with Crippen LogP contribution in [0.5, 0.6) is 5.75 Å². The van der Waals surface area contributed by atoms with Crippen molar-refractivity contribution in [1.82, 2.24) is 15.4 Å². The second-order valence-electron chi connectivity index (χ2n) is 10.5. The lowest BCUT2D eigenvalue weighted by Crippen LogP contribution is -2.74. The fourth-order valence-corrected chi connectivity index (χ4v) is 6.43. The van der Waals surface area contributed by atoms with E-state index in [1.807, 2.05) is 0 Å². The molecule has 2 aromatic rings. The average Bonchev–Trinajstić information content (AvgIpc) is 3.40. The number of Topliss-reactive ketones (excluding diaryl/α,β-unsaturated/α-hetero) is 4. The minimum Gasteiger partial charge on any atom is -0.507 e. The summed E-state index contributed by atoms with van der Waals surface area (Å²) in [5.74, 6) is -11.6. The summed E-state index contributed by atoms with van der Waals surface area (Å²) in [6.45, 7) is -0.0177. The third-order valence-electron chi connectivity index (χ3n) is 8.18. The van der Waals surface area contributed by atoms with E-state index in [9.17, 15) is 39.0 Å². The van der Waals surface area contributed by atoms with Crippen molar-refractivity contribution in [3.05, 3.63) is 46.8 Å². The number of nitrogens with one attached hydrogen (secondary N) is 1. The highest BCUT2D eigenvalue weighted by molar-refractivity contribution is 6.32. The van der Waals surface area contributed by atoms with Crippen molar-refractivity contribution in [2.75, 3.05) is 14.1 Å². The Kier molecular flexibility index (Phi) is 6.23. The van der Waals surface area contributed by atoms with Gasteiger partial charge in [-0.3, -0.25) is 33.7 Å². The van der Waals surface area contributed by atoms with Crippen LogP contribution in [0.1, 0.15) is 38.3 Å². The summed E-state index contributed by atoms with van der Waals surface area (Å²) >= 11 is 0. The molecule has 0 bridgehead atoms. The van der Waals surface area contributed by atoms with Gasteiger partial charge >= 0.3 is 0 Å². The summed E-state index contributed by atoms with van der Waals surface area (Å²) < 4.78 is 4.67. The van der Waals surface area contributed by atoms with Gasteiger partial charge in [-0.2, -0.15) is 0 Å². The molecule has 2 unspecified atom stereocenters. The average molecular weight is 539 g/mol. The van der Waals surface area contributed by atoms with E-state index in [0.717, 1.165) is 0 Å². The molecule has 0 spiro atoms. The van der Waals surface area contributed by atoms with Gasteiger partial charge in [0.1, 0.15) is 12.0 Å². The van der Waals surface area contributed by atoms with Crippen LogP contribution in [0.3, 0.4) is 0 Å². The maximum Gasteiger partial charge on any atom is 0.256 e. The van der Waals surface area contributed by atoms with Crippen LogP contribution in [0.4, 0.5) is 0 Å². The molecule has 0 radical (unpaired) electrons. The predicted octanol–water partition coefficient (Wildman–Crippen LogP) is -1.21. The lowest BCUT2D eigenvalue weighted by molar-refractivity contribution is -0.181. The first-order valence-corrected chi connectivity index (χ1v) is 12.3. The molecule has 2 saturated carbocycles. The summed E-state index contributed by atoms with van der Waals surface area (Å²) in [7, 11) is 3.03. The smallest absolute Gasteiger partial charge is 0.256 e. The van der Waals surface area contributed by atoms with Gasteiger partial charge < -0.3 is 25.8 Å². The van der Waals surface area contributed by atoms with E-state index in [0.29, 0.717) is 11.1 Å². The number of phenolic OH excluding ortho intramolecular Hbond substituents is 1. The van der Waals surface area contributed by atoms with Gasteiger partial charge in [-0.1, -0.05) is 11.2 Å². The Bertz CT molecular complexity index is 1430. The number of nitrogens with zero attached hydrogens (tertiary/aromatic N) is 2. The highest BCUT2D eigenvalue weighted by Gasteiger charge is 2.69. The van der Waals surface area contributed by atoms with Crippen molar-refractivity contribution < 1.29 is 43.5 Å². The fraction of sp³-hybridized carbons (Fsp3) is 0.423. The highest BCUT2D eigenvalue weighted by Crippen LogP contribution is 2.51. The number of primary amides is 1. The van der Waals surface area contributed by atoms with Crippen LogP contribution >= 0.6 is 0 Å². The van der Waals surface area contributed by atoms with Crippen LogP contribution in [0, 0.1) is 23.7 Å². The Morgan fingerprint density at radius 2 is 1.92 bits per heavy atom. The van der Waals surface area contributed by atoms with E-state index in [-0.39, 0.29) is 30.5 Å². The van der Waals surface area contributed by atoms with Gasteiger partial charge in [0.2, 0.25) is 5.91 Å². The van der Waals surface area contributed by atoms with Gasteiger partial charge in [0.15, 0.2) is 34.7 Å². The first-order chi connectivity index (χ1) is 18.4. The zero-order valence-corrected chi connectivity index (χ0v) is 21.0. The van der Waals surface area contributed by atoms with E-state index >= 15 is 0 Å². The van der Waals surface area contributed by atoms with E-state index in [2.05, 4.69) is 15.0 Å². The van der Waals surface area contributed by atoms with Gasteiger partial charge in [0.25, 0.3) is 5.91 Å². The Hall–Kier alpha value is -4.23. The van der Waals surface area contributed by atoms with Crippen LogP contribution in [-0.2, 0) is 32.1 Å². The van der Waals surface area contributed by atoms with Gasteiger partial charge in [0, 0.05) is 12.5 Å². The molecule has 1 heterocycles. The number of carbonyl (C=O) groups excluding carboxylic acids is 6. The zero-order chi connectivity index (χ0) is 28.4. The summed E-state index contributed by atoms with van der Waals surface area (Å²) in [6, 6.07) is 1.63. The van der Waals surface area contributed by atoms with E-state index < -0.39 is 76.0 Å². The number of fused-ring (bicyclic) bond motifs is 3. The number of ketones is 4. The Labute approximate surface area is 221 Å².